The predicted octanol–water partition coefficient (Wildman–Crippen LogP) is 2.44. The number of benzene rings is 1. The van der Waals surface area contributed by atoms with Crippen LogP contribution < -0.4 is 4.74 Å². The van der Waals surface area contributed by atoms with Gasteiger partial charge < -0.3 is 9.84 Å². The highest BCUT2D eigenvalue weighted by molar-refractivity contribution is 5.79. The molecule has 17 heavy (non-hydrogen) atoms. The third-order valence-electron chi connectivity index (χ3n) is 2.35. The summed E-state index contributed by atoms with van der Waals surface area (Å²) < 4.78 is 5.05. The van der Waals surface area contributed by atoms with E-state index in [1.807, 2.05) is 24.3 Å². The van der Waals surface area contributed by atoms with Crippen molar-refractivity contribution in [3.8, 4) is 18.1 Å². The molecule has 0 amide bonds. The van der Waals surface area contributed by atoms with E-state index in [9.17, 15) is 4.79 Å². The smallest absolute Gasteiger partial charge is 0.327 e. The summed E-state index contributed by atoms with van der Waals surface area (Å²) in [5.41, 5.74) is 0.975. The SMILES string of the molecule is C#CC(C/C=C/C(=O)O)c1ccc(OC)cc1. The fraction of sp³-hybridized carbons (Fsp3) is 0.214. The molecule has 0 aliphatic rings. The van der Waals surface area contributed by atoms with Crippen LogP contribution in [0.25, 0.3) is 0 Å². The maximum absolute atomic E-state index is 10.3. The first kappa shape index (κ1) is 12.9. The lowest BCUT2D eigenvalue weighted by molar-refractivity contribution is -0.131. The van der Waals surface area contributed by atoms with E-state index in [-0.39, 0.29) is 5.92 Å². The summed E-state index contributed by atoms with van der Waals surface area (Å²) in [5.74, 6) is 2.34. The van der Waals surface area contributed by atoms with Crippen molar-refractivity contribution < 1.29 is 14.6 Å². The number of carboxylic acid groups (broad SMARTS) is 1. The monoisotopic (exact) mass is 230 g/mol. The zero-order valence-electron chi connectivity index (χ0n) is 9.59. The van der Waals surface area contributed by atoms with Crippen molar-refractivity contribution in [2.24, 2.45) is 0 Å². The van der Waals surface area contributed by atoms with E-state index in [4.69, 9.17) is 16.3 Å². The van der Waals surface area contributed by atoms with Crippen LogP contribution in [0.3, 0.4) is 0 Å². The minimum atomic E-state index is -0.962. The Morgan fingerprint density at radius 2 is 2.18 bits per heavy atom. The minimum Gasteiger partial charge on any atom is -0.497 e. The summed E-state index contributed by atoms with van der Waals surface area (Å²) in [7, 11) is 1.60. The highest BCUT2D eigenvalue weighted by atomic mass is 16.5. The number of aliphatic carboxylic acids is 1. The molecule has 0 aliphatic carbocycles. The van der Waals surface area contributed by atoms with E-state index in [1.54, 1.807) is 13.2 Å². The van der Waals surface area contributed by atoms with E-state index < -0.39 is 5.97 Å². The summed E-state index contributed by atoms with van der Waals surface area (Å²) in [4.78, 5) is 10.3. The molecule has 0 spiro atoms. The van der Waals surface area contributed by atoms with Crippen LogP contribution in [0.2, 0.25) is 0 Å². The van der Waals surface area contributed by atoms with Crippen LogP contribution in [0, 0.1) is 12.3 Å². The molecule has 0 bridgehead atoms. The Kier molecular flexibility index (Phi) is 4.83. The standard InChI is InChI=1S/C14H14O3/c1-3-11(5-4-6-14(15)16)12-7-9-13(17-2)10-8-12/h1,4,6-11H,5H2,2H3,(H,15,16)/b6-4+. The lowest BCUT2D eigenvalue weighted by Crippen LogP contribution is -1.95. The number of allylic oxidation sites excluding steroid dienone is 1. The summed E-state index contributed by atoms with van der Waals surface area (Å²) in [6, 6.07) is 7.44. The molecule has 88 valence electrons. The van der Waals surface area contributed by atoms with E-state index >= 15 is 0 Å². The number of terminal acetylenes is 1. The molecule has 0 saturated carbocycles. The second-order valence-corrected chi connectivity index (χ2v) is 3.47. The van der Waals surface area contributed by atoms with Gasteiger partial charge in [-0.15, -0.1) is 6.42 Å². The molecule has 1 unspecified atom stereocenters. The quantitative estimate of drug-likeness (QED) is 0.624. The van der Waals surface area contributed by atoms with Gasteiger partial charge in [0, 0.05) is 12.0 Å². The van der Waals surface area contributed by atoms with Gasteiger partial charge in [0.25, 0.3) is 0 Å². The molecule has 0 aliphatic heterocycles. The molecule has 0 fully saturated rings. The lowest BCUT2D eigenvalue weighted by atomic mass is 9.96. The molecular formula is C14H14O3. The van der Waals surface area contributed by atoms with Crippen LogP contribution in [0.5, 0.6) is 5.75 Å². The van der Waals surface area contributed by atoms with Crippen LogP contribution in [-0.2, 0) is 4.79 Å². The summed E-state index contributed by atoms with van der Waals surface area (Å²) in [6.45, 7) is 0. The minimum absolute atomic E-state index is 0.114. The number of rotatable bonds is 5. The number of hydrogen-bond donors (Lipinski definition) is 1. The largest absolute Gasteiger partial charge is 0.497 e. The Morgan fingerprint density at radius 1 is 1.53 bits per heavy atom. The highest BCUT2D eigenvalue weighted by Crippen LogP contribution is 2.22. The third kappa shape index (κ3) is 4.04. The molecule has 1 atom stereocenters. The fourth-order valence-electron chi connectivity index (χ4n) is 1.44. The van der Waals surface area contributed by atoms with Gasteiger partial charge in [0.15, 0.2) is 0 Å². The van der Waals surface area contributed by atoms with Gasteiger partial charge in [-0.1, -0.05) is 24.1 Å². The van der Waals surface area contributed by atoms with Crippen molar-refractivity contribution in [2.75, 3.05) is 7.11 Å². The maximum atomic E-state index is 10.3. The van der Waals surface area contributed by atoms with Gasteiger partial charge in [0.1, 0.15) is 5.75 Å². The Balaban J connectivity index is 2.73. The lowest BCUT2D eigenvalue weighted by Gasteiger charge is -2.09. The molecule has 3 nitrogen and oxygen atoms in total. The van der Waals surface area contributed by atoms with Gasteiger partial charge in [-0.25, -0.2) is 4.79 Å². The summed E-state index contributed by atoms with van der Waals surface area (Å²) in [6.07, 6.45) is 8.61. The molecule has 1 rings (SSSR count). The average Bonchev–Trinajstić information content (AvgIpc) is 2.34. The topological polar surface area (TPSA) is 46.5 Å². The van der Waals surface area contributed by atoms with Crippen LogP contribution >= 0.6 is 0 Å². The van der Waals surface area contributed by atoms with E-state index in [2.05, 4.69) is 5.92 Å². The summed E-state index contributed by atoms with van der Waals surface area (Å²) in [5, 5.41) is 8.48. The first-order valence-corrected chi connectivity index (χ1v) is 5.17. The van der Waals surface area contributed by atoms with Gasteiger partial charge in [0.05, 0.1) is 7.11 Å². The third-order valence-corrected chi connectivity index (χ3v) is 2.35. The number of carbonyl (C=O) groups is 1. The molecule has 0 radical (unpaired) electrons. The Labute approximate surface area is 101 Å². The molecule has 1 aromatic carbocycles. The number of hydrogen-bond acceptors (Lipinski definition) is 2. The predicted molar refractivity (Wildman–Crippen MR) is 66.0 cm³/mol. The van der Waals surface area contributed by atoms with Crippen molar-refractivity contribution in [3.05, 3.63) is 42.0 Å². The Bertz CT molecular complexity index is 438. The van der Waals surface area contributed by atoms with E-state index in [0.717, 1.165) is 17.4 Å². The summed E-state index contributed by atoms with van der Waals surface area (Å²) >= 11 is 0. The highest BCUT2D eigenvalue weighted by Gasteiger charge is 2.06. The number of ether oxygens (including phenoxy) is 1. The zero-order valence-corrected chi connectivity index (χ0v) is 9.59. The normalized spacial score (nSPS) is 12.0. The van der Waals surface area contributed by atoms with Gasteiger partial charge in [-0.3, -0.25) is 0 Å². The molecule has 1 aromatic rings. The van der Waals surface area contributed by atoms with Crippen molar-refractivity contribution in [1.29, 1.82) is 0 Å². The first-order chi connectivity index (χ1) is 8.17. The fourth-order valence-corrected chi connectivity index (χ4v) is 1.44. The van der Waals surface area contributed by atoms with Crippen LogP contribution in [0.15, 0.2) is 36.4 Å². The van der Waals surface area contributed by atoms with Crippen molar-refractivity contribution in [3.63, 3.8) is 0 Å². The van der Waals surface area contributed by atoms with Crippen LogP contribution in [0.1, 0.15) is 17.9 Å². The number of methoxy groups -OCH3 is 1. The molecular weight excluding hydrogens is 216 g/mol. The van der Waals surface area contributed by atoms with Gasteiger partial charge in [-0.05, 0) is 24.1 Å². The average molecular weight is 230 g/mol. The van der Waals surface area contributed by atoms with Gasteiger partial charge >= 0.3 is 5.97 Å². The van der Waals surface area contributed by atoms with Crippen LogP contribution in [0.4, 0.5) is 0 Å². The molecule has 0 heterocycles. The second kappa shape index (κ2) is 6.39. The molecule has 3 heteroatoms. The van der Waals surface area contributed by atoms with Crippen molar-refractivity contribution in [2.45, 2.75) is 12.3 Å². The van der Waals surface area contributed by atoms with E-state index in [0.29, 0.717) is 6.42 Å². The van der Waals surface area contributed by atoms with Gasteiger partial charge in [0.2, 0.25) is 0 Å². The molecule has 1 N–H and O–H groups in total. The maximum Gasteiger partial charge on any atom is 0.327 e. The first-order valence-electron chi connectivity index (χ1n) is 5.17. The zero-order chi connectivity index (χ0) is 12.7. The second-order valence-electron chi connectivity index (χ2n) is 3.47. The van der Waals surface area contributed by atoms with Crippen LogP contribution in [-0.4, -0.2) is 18.2 Å². The van der Waals surface area contributed by atoms with Gasteiger partial charge in [-0.2, -0.15) is 0 Å². The van der Waals surface area contributed by atoms with E-state index in [1.165, 1.54) is 0 Å². The van der Waals surface area contributed by atoms with Crippen molar-refractivity contribution >= 4 is 5.97 Å². The van der Waals surface area contributed by atoms with Crippen molar-refractivity contribution in [1.82, 2.24) is 0 Å². The molecule has 0 saturated heterocycles. The Morgan fingerprint density at radius 3 is 2.65 bits per heavy atom. The number of carboxylic acids is 1. The molecule has 0 aromatic heterocycles. The Hall–Kier alpha value is -2.21.